The van der Waals surface area contributed by atoms with E-state index in [1.807, 2.05) is 24.3 Å². The van der Waals surface area contributed by atoms with Crippen LogP contribution < -0.4 is 10.1 Å². The highest BCUT2D eigenvalue weighted by Gasteiger charge is 2.17. The van der Waals surface area contributed by atoms with Crippen LogP contribution in [0, 0.1) is 11.8 Å². The van der Waals surface area contributed by atoms with Gasteiger partial charge in [0.25, 0.3) is 0 Å². The molecule has 20 heavy (non-hydrogen) atoms. The Morgan fingerprint density at radius 1 is 1.30 bits per heavy atom. The first-order chi connectivity index (χ1) is 9.74. The molecule has 0 spiro atoms. The molecule has 0 heterocycles. The van der Waals surface area contributed by atoms with Gasteiger partial charge in [-0.15, -0.1) is 0 Å². The summed E-state index contributed by atoms with van der Waals surface area (Å²) in [6, 6.07) is 8.00. The maximum atomic E-state index is 5.70. The average Bonchev–Trinajstić information content (AvgIpc) is 2.43. The molecule has 1 aromatic rings. The van der Waals surface area contributed by atoms with Crippen molar-refractivity contribution in [3.63, 3.8) is 0 Å². The fraction of sp³-hybridized carbons (Fsp3) is 0.647. The van der Waals surface area contributed by atoms with Gasteiger partial charge in [-0.05, 0) is 49.4 Å². The van der Waals surface area contributed by atoms with Gasteiger partial charge in [-0.25, -0.2) is 0 Å². The number of hydrogen-bond donors (Lipinski definition) is 1. The van der Waals surface area contributed by atoms with Crippen LogP contribution in [0.1, 0.15) is 39.0 Å². The SMILES string of the molecule is CC1CCCC(CCNCCOc2cccc(Br)c2)C1. The van der Waals surface area contributed by atoms with Gasteiger partial charge in [0.2, 0.25) is 0 Å². The van der Waals surface area contributed by atoms with Gasteiger partial charge in [0.1, 0.15) is 12.4 Å². The zero-order valence-corrected chi connectivity index (χ0v) is 14.0. The summed E-state index contributed by atoms with van der Waals surface area (Å²) in [4.78, 5) is 0. The quantitative estimate of drug-likeness (QED) is 0.731. The lowest BCUT2D eigenvalue weighted by Crippen LogP contribution is -2.25. The molecule has 0 radical (unpaired) electrons. The number of ether oxygens (including phenoxy) is 1. The molecule has 0 amide bonds. The van der Waals surface area contributed by atoms with Gasteiger partial charge >= 0.3 is 0 Å². The molecule has 0 saturated heterocycles. The Balaban J connectivity index is 1.51. The van der Waals surface area contributed by atoms with Crippen LogP contribution in [0.25, 0.3) is 0 Å². The summed E-state index contributed by atoms with van der Waals surface area (Å²) in [6.45, 7) is 5.18. The first kappa shape index (κ1) is 15.8. The Hall–Kier alpha value is -0.540. The van der Waals surface area contributed by atoms with Crippen LogP contribution in [0.4, 0.5) is 0 Å². The second-order valence-electron chi connectivity index (χ2n) is 5.98. The van der Waals surface area contributed by atoms with Gasteiger partial charge in [-0.1, -0.05) is 48.2 Å². The van der Waals surface area contributed by atoms with Crippen molar-refractivity contribution in [3.8, 4) is 5.75 Å². The summed E-state index contributed by atoms with van der Waals surface area (Å²) in [7, 11) is 0. The van der Waals surface area contributed by atoms with E-state index in [4.69, 9.17) is 4.74 Å². The molecule has 2 atom stereocenters. The first-order valence-corrected chi connectivity index (χ1v) is 8.62. The molecule has 1 aliphatic carbocycles. The number of rotatable bonds is 7. The normalized spacial score (nSPS) is 22.7. The van der Waals surface area contributed by atoms with Gasteiger partial charge in [-0.3, -0.25) is 0 Å². The predicted molar refractivity (Wildman–Crippen MR) is 88.2 cm³/mol. The Morgan fingerprint density at radius 2 is 2.20 bits per heavy atom. The van der Waals surface area contributed by atoms with E-state index in [0.29, 0.717) is 0 Å². The molecule has 112 valence electrons. The summed E-state index contributed by atoms with van der Waals surface area (Å²) in [5.41, 5.74) is 0. The molecule has 0 bridgehead atoms. The van der Waals surface area contributed by atoms with Gasteiger partial charge in [-0.2, -0.15) is 0 Å². The van der Waals surface area contributed by atoms with E-state index < -0.39 is 0 Å². The standard InChI is InChI=1S/C17H26BrNO/c1-14-4-2-5-15(12-14)8-9-19-10-11-20-17-7-3-6-16(18)13-17/h3,6-7,13-15,19H,2,4-5,8-12H2,1H3. The molecule has 2 unspecified atom stereocenters. The molecule has 1 fully saturated rings. The molecule has 3 heteroatoms. The second-order valence-corrected chi connectivity index (χ2v) is 6.90. The van der Waals surface area contributed by atoms with Gasteiger partial charge in [0, 0.05) is 11.0 Å². The fourth-order valence-electron chi connectivity index (χ4n) is 3.05. The minimum atomic E-state index is 0.734. The summed E-state index contributed by atoms with van der Waals surface area (Å²) in [6.07, 6.45) is 7.04. The lowest BCUT2D eigenvalue weighted by atomic mass is 9.81. The first-order valence-electron chi connectivity index (χ1n) is 7.83. The molecule has 2 nitrogen and oxygen atoms in total. The van der Waals surface area contributed by atoms with Crippen molar-refractivity contribution in [2.75, 3.05) is 19.7 Å². The van der Waals surface area contributed by atoms with E-state index in [1.165, 1.54) is 32.1 Å². The number of benzene rings is 1. The third kappa shape index (κ3) is 5.84. The van der Waals surface area contributed by atoms with E-state index in [2.05, 4.69) is 28.2 Å². The van der Waals surface area contributed by atoms with Crippen molar-refractivity contribution in [3.05, 3.63) is 28.7 Å². The highest BCUT2D eigenvalue weighted by atomic mass is 79.9. The predicted octanol–water partition coefficient (Wildman–Crippen LogP) is 4.63. The van der Waals surface area contributed by atoms with E-state index in [9.17, 15) is 0 Å². The molecule has 1 saturated carbocycles. The van der Waals surface area contributed by atoms with Gasteiger partial charge in [0.05, 0.1) is 0 Å². The molecular formula is C17H26BrNO. The van der Waals surface area contributed by atoms with Crippen molar-refractivity contribution in [2.24, 2.45) is 11.8 Å². The maximum Gasteiger partial charge on any atom is 0.120 e. The van der Waals surface area contributed by atoms with Crippen molar-refractivity contribution < 1.29 is 4.74 Å². The summed E-state index contributed by atoms with van der Waals surface area (Å²) in [5.74, 6) is 2.81. The van der Waals surface area contributed by atoms with E-state index in [1.54, 1.807) is 0 Å². The average molecular weight is 340 g/mol. The number of nitrogens with one attached hydrogen (secondary N) is 1. The third-order valence-electron chi connectivity index (χ3n) is 4.12. The van der Waals surface area contributed by atoms with E-state index >= 15 is 0 Å². The Morgan fingerprint density at radius 3 is 3.00 bits per heavy atom. The topological polar surface area (TPSA) is 21.3 Å². The van der Waals surface area contributed by atoms with E-state index in [-0.39, 0.29) is 0 Å². The van der Waals surface area contributed by atoms with Crippen LogP contribution >= 0.6 is 15.9 Å². The molecule has 0 aliphatic heterocycles. The zero-order valence-electron chi connectivity index (χ0n) is 12.4. The van der Waals surface area contributed by atoms with Crippen LogP contribution in [-0.2, 0) is 0 Å². The lowest BCUT2D eigenvalue weighted by molar-refractivity contribution is 0.263. The van der Waals surface area contributed by atoms with Crippen LogP contribution in [0.5, 0.6) is 5.75 Å². The molecule has 1 aliphatic rings. The highest BCUT2D eigenvalue weighted by molar-refractivity contribution is 9.10. The molecule has 0 aromatic heterocycles. The zero-order chi connectivity index (χ0) is 14.2. The molecular weight excluding hydrogens is 314 g/mol. The maximum absolute atomic E-state index is 5.70. The van der Waals surface area contributed by atoms with Crippen LogP contribution in [0.2, 0.25) is 0 Å². The molecule has 2 rings (SSSR count). The summed E-state index contributed by atoms with van der Waals surface area (Å²) >= 11 is 3.45. The minimum Gasteiger partial charge on any atom is -0.492 e. The Bertz CT molecular complexity index is 396. The van der Waals surface area contributed by atoms with E-state index in [0.717, 1.165) is 41.8 Å². The third-order valence-corrected chi connectivity index (χ3v) is 4.61. The molecule has 1 aromatic carbocycles. The van der Waals surface area contributed by atoms with Crippen LogP contribution in [0.15, 0.2) is 28.7 Å². The smallest absolute Gasteiger partial charge is 0.120 e. The van der Waals surface area contributed by atoms with Crippen molar-refractivity contribution in [1.29, 1.82) is 0 Å². The van der Waals surface area contributed by atoms with Crippen molar-refractivity contribution in [1.82, 2.24) is 5.32 Å². The van der Waals surface area contributed by atoms with Crippen molar-refractivity contribution in [2.45, 2.75) is 39.0 Å². The second kappa shape index (κ2) is 8.68. The fourth-order valence-corrected chi connectivity index (χ4v) is 3.43. The van der Waals surface area contributed by atoms with Gasteiger partial charge in [0.15, 0.2) is 0 Å². The van der Waals surface area contributed by atoms with Crippen LogP contribution in [0.3, 0.4) is 0 Å². The highest BCUT2D eigenvalue weighted by Crippen LogP contribution is 2.30. The lowest BCUT2D eigenvalue weighted by Gasteiger charge is -2.26. The Labute approximate surface area is 131 Å². The number of hydrogen-bond acceptors (Lipinski definition) is 2. The van der Waals surface area contributed by atoms with Crippen molar-refractivity contribution >= 4 is 15.9 Å². The minimum absolute atomic E-state index is 0.734. The van der Waals surface area contributed by atoms with Gasteiger partial charge < -0.3 is 10.1 Å². The largest absolute Gasteiger partial charge is 0.492 e. The summed E-state index contributed by atoms with van der Waals surface area (Å²) in [5, 5.41) is 3.50. The summed E-state index contributed by atoms with van der Waals surface area (Å²) < 4.78 is 6.77. The monoisotopic (exact) mass is 339 g/mol. The molecule has 1 N–H and O–H groups in total. The number of halogens is 1. The van der Waals surface area contributed by atoms with Crippen LogP contribution in [-0.4, -0.2) is 19.7 Å². The Kier molecular flexibility index (Phi) is 6.88.